The maximum atomic E-state index is 12.2. The smallest absolute Gasteiger partial charge is 0.272 e. The normalized spacial score (nSPS) is 9.80. The van der Waals surface area contributed by atoms with Crippen molar-refractivity contribution in [2.45, 2.75) is 6.42 Å². The maximum absolute atomic E-state index is 12.2. The summed E-state index contributed by atoms with van der Waals surface area (Å²) in [4.78, 5) is 21.7. The Kier molecular flexibility index (Phi) is 4.40. The molecule has 0 saturated heterocycles. The van der Waals surface area contributed by atoms with Crippen LogP contribution in [0.3, 0.4) is 0 Å². The van der Waals surface area contributed by atoms with Crippen molar-refractivity contribution in [2.24, 2.45) is 0 Å². The highest BCUT2D eigenvalue weighted by atomic mass is 16.2. The van der Waals surface area contributed by atoms with Crippen molar-refractivity contribution in [1.29, 1.82) is 5.26 Å². The van der Waals surface area contributed by atoms with Gasteiger partial charge < -0.3 is 4.90 Å². The van der Waals surface area contributed by atoms with E-state index in [1.807, 2.05) is 18.2 Å². The molecule has 5 heteroatoms. The number of likely N-dealkylation sites (N-methyl/N-ethyl adjacent to an activating group) is 1. The van der Waals surface area contributed by atoms with Crippen LogP contribution in [0, 0.1) is 11.3 Å². The van der Waals surface area contributed by atoms with E-state index in [0.717, 1.165) is 12.0 Å². The van der Waals surface area contributed by atoms with Gasteiger partial charge in [-0.1, -0.05) is 0 Å². The summed E-state index contributed by atoms with van der Waals surface area (Å²) in [5.74, 6) is -0.184. The topological polar surface area (TPSA) is 69.9 Å². The van der Waals surface area contributed by atoms with Gasteiger partial charge in [-0.05, 0) is 36.2 Å². The van der Waals surface area contributed by atoms with Crippen LogP contribution in [0.15, 0.2) is 42.9 Å². The van der Waals surface area contributed by atoms with Crippen molar-refractivity contribution in [1.82, 2.24) is 14.9 Å². The molecule has 0 aliphatic carbocycles. The summed E-state index contributed by atoms with van der Waals surface area (Å²) < 4.78 is 0. The summed E-state index contributed by atoms with van der Waals surface area (Å²) in [5.41, 5.74) is 1.85. The molecule has 0 atom stereocenters. The van der Waals surface area contributed by atoms with E-state index in [1.165, 1.54) is 12.3 Å². The summed E-state index contributed by atoms with van der Waals surface area (Å²) in [7, 11) is 1.73. The molecule has 1 amide bonds. The monoisotopic (exact) mass is 266 g/mol. The highest BCUT2D eigenvalue weighted by Crippen LogP contribution is 2.05. The second-order valence-electron chi connectivity index (χ2n) is 4.37. The third kappa shape index (κ3) is 3.39. The van der Waals surface area contributed by atoms with E-state index in [0.29, 0.717) is 17.8 Å². The van der Waals surface area contributed by atoms with E-state index in [2.05, 4.69) is 9.97 Å². The zero-order chi connectivity index (χ0) is 14.4. The van der Waals surface area contributed by atoms with Gasteiger partial charge in [-0.3, -0.25) is 14.8 Å². The minimum Gasteiger partial charge on any atom is -0.340 e. The second kappa shape index (κ2) is 6.43. The van der Waals surface area contributed by atoms with Crippen molar-refractivity contribution in [3.63, 3.8) is 0 Å². The first-order valence-electron chi connectivity index (χ1n) is 6.21. The average molecular weight is 266 g/mol. The van der Waals surface area contributed by atoms with Gasteiger partial charge in [-0.15, -0.1) is 0 Å². The molecule has 0 fully saturated rings. The highest BCUT2D eigenvalue weighted by molar-refractivity contribution is 5.92. The number of aromatic nitrogens is 2. The van der Waals surface area contributed by atoms with Gasteiger partial charge >= 0.3 is 0 Å². The Morgan fingerprint density at radius 1 is 1.30 bits per heavy atom. The first-order chi connectivity index (χ1) is 9.70. The molecule has 0 N–H and O–H groups in total. The van der Waals surface area contributed by atoms with Crippen molar-refractivity contribution in [3.05, 3.63) is 59.7 Å². The SMILES string of the molecule is CN(CCc1ccncc1)C(=O)c1cc(C#N)ccn1. The molecule has 0 aromatic carbocycles. The largest absolute Gasteiger partial charge is 0.340 e. The number of carbonyl (C=O) groups is 1. The predicted molar refractivity (Wildman–Crippen MR) is 73.9 cm³/mol. The fourth-order valence-corrected chi connectivity index (χ4v) is 1.76. The quantitative estimate of drug-likeness (QED) is 0.844. The third-order valence-electron chi connectivity index (χ3n) is 2.94. The van der Waals surface area contributed by atoms with Gasteiger partial charge in [0.2, 0.25) is 0 Å². The maximum Gasteiger partial charge on any atom is 0.272 e. The Bertz CT molecular complexity index is 634. The molecule has 0 bridgehead atoms. The summed E-state index contributed by atoms with van der Waals surface area (Å²) in [5, 5.41) is 8.83. The van der Waals surface area contributed by atoms with E-state index in [4.69, 9.17) is 5.26 Å². The molecule has 0 aliphatic heterocycles. The molecular weight excluding hydrogens is 252 g/mol. The molecular formula is C15H14N4O. The molecule has 2 rings (SSSR count). The van der Waals surface area contributed by atoms with E-state index < -0.39 is 0 Å². The van der Waals surface area contributed by atoms with Gasteiger partial charge in [0.1, 0.15) is 5.69 Å². The van der Waals surface area contributed by atoms with Crippen LogP contribution in [-0.4, -0.2) is 34.4 Å². The lowest BCUT2D eigenvalue weighted by molar-refractivity contribution is 0.0791. The highest BCUT2D eigenvalue weighted by Gasteiger charge is 2.13. The standard InChI is InChI=1S/C15H14N4O/c1-19(9-5-12-2-6-17-7-3-12)15(20)14-10-13(11-16)4-8-18-14/h2-4,6-8,10H,5,9H2,1H3. The lowest BCUT2D eigenvalue weighted by Crippen LogP contribution is -2.29. The molecule has 2 aromatic heterocycles. The Labute approximate surface area is 117 Å². The van der Waals surface area contributed by atoms with Crippen molar-refractivity contribution in [3.8, 4) is 6.07 Å². The molecule has 0 saturated carbocycles. The summed E-state index contributed by atoms with van der Waals surface area (Å²) in [6, 6.07) is 8.93. The average Bonchev–Trinajstić information content (AvgIpc) is 2.53. The molecule has 0 spiro atoms. The predicted octanol–water partition coefficient (Wildman–Crippen LogP) is 1.66. The molecule has 2 aromatic rings. The van der Waals surface area contributed by atoms with Crippen LogP contribution in [0.5, 0.6) is 0 Å². The fourth-order valence-electron chi connectivity index (χ4n) is 1.76. The summed E-state index contributed by atoms with van der Waals surface area (Å²) in [6.07, 6.45) is 5.69. The van der Waals surface area contributed by atoms with Crippen LogP contribution in [0.25, 0.3) is 0 Å². The van der Waals surface area contributed by atoms with Gasteiger partial charge in [0.05, 0.1) is 11.6 Å². The van der Waals surface area contributed by atoms with E-state index in [9.17, 15) is 4.79 Å². The van der Waals surface area contributed by atoms with Gasteiger partial charge in [0.25, 0.3) is 5.91 Å². The van der Waals surface area contributed by atoms with Gasteiger partial charge in [-0.25, -0.2) is 0 Å². The first kappa shape index (κ1) is 13.7. The van der Waals surface area contributed by atoms with Crippen LogP contribution in [0.4, 0.5) is 0 Å². The van der Waals surface area contributed by atoms with Gasteiger partial charge in [0, 0.05) is 32.2 Å². The van der Waals surface area contributed by atoms with Crippen LogP contribution in [0.2, 0.25) is 0 Å². The van der Waals surface area contributed by atoms with Gasteiger partial charge in [0.15, 0.2) is 0 Å². The number of hydrogen-bond acceptors (Lipinski definition) is 4. The van der Waals surface area contributed by atoms with Crippen LogP contribution in [-0.2, 0) is 6.42 Å². The van der Waals surface area contributed by atoms with E-state index in [-0.39, 0.29) is 5.91 Å². The Balaban J connectivity index is 2.00. The summed E-state index contributed by atoms with van der Waals surface area (Å²) >= 11 is 0. The number of rotatable bonds is 4. The van der Waals surface area contributed by atoms with Crippen molar-refractivity contribution >= 4 is 5.91 Å². The van der Waals surface area contributed by atoms with Crippen molar-refractivity contribution in [2.75, 3.05) is 13.6 Å². The van der Waals surface area contributed by atoms with Crippen LogP contribution < -0.4 is 0 Å². The number of nitrogens with zero attached hydrogens (tertiary/aromatic N) is 4. The zero-order valence-corrected chi connectivity index (χ0v) is 11.2. The van der Waals surface area contributed by atoms with E-state index >= 15 is 0 Å². The Hall–Kier alpha value is -2.74. The molecule has 0 unspecified atom stereocenters. The van der Waals surface area contributed by atoms with Crippen LogP contribution in [0.1, 0.15) is 21.6 Å². The Morgan fingerprint density at radius 3 is 2.75 bits per heavy atom. The summed E-state index contributed by atoms with van der Waals surface area (Å²) in [6.45, 7) is 0.585. The van der Waals surface area contributed by atoms with E-state index in [1.54, 1.807) is 30.4 Å². The molecule has 20 heavy (non-hydrogen) atoms. The molecule has 100 valence electrons. The number of pyridine rings is 2. The lowest BCUT2D eigenvalue weighted by atomic mass is 10.2. The minimum atomic E-state index is -0.184. The number of nitriles is 1. The van der Waals surface area contributed by atoms with Gasteiger partial charge in [-0.2, -0.15) is 5.26 Å². The fraction of sp³-hybridized carbons (Fsp3) is 0.200. The number of hydrogen-bond donors (Lipinski definition) is 0. The molecule has 2 heterocycles. The third-order valence-corrected chi connectivity index (χ3v) is 2.94. The zero-order valence-electron chi connectivity index (χ0n) is 11.2. The van der Waals surface area contributed by atoms with Crippen LogP contribution >= 0.6 is 0 Å². The first-order valence-corrected chi connectivity index (χ1v) is 6.21. The molecule has 5 nitrogen and oxygen atoms in total. The number of carbonyl (C=O) groups excluding carboxylic acids is 1. The lowest BCUT2D eigenvalue weighted by Gasteiger charge is -2.16. The van der Waals surface area contributed by atoms with Crippen molar-refractivity contribution < 1.29 is 4.79 Å². The minimum absolute atomic E-state index is 0.184. The molecule has 0 aliphatic rings. The number of amides is 1. The molecule has 0 radical (unpaired) electrons. The second-order valence-corrected chi connectivity index (χ2v) is 4.37. The Morgan fingerprint density at radius 2 is 2.05 bits per heavy atom.